The number of hydrogen-bond acceptors (Lipinski definition) is 5. The number of nitrogens with one attached hydrogen (secondary N) is 2. The predicted octanol–water partition coefficient (Wildman–Crippen LogP) is 2.50. The summed E-state index contributed by atoms with van der Waals surface area (Å²) in [5.74, 6) is 1.88. The van der Waals surface area contributed by atoms with Crippen molar-refractivity contribution in [3.63, 3.8) is 0 Å². The van der Waals surface area contributed by atoms with E-state index in [2.05, 4.69) is 15.8 Å². The van der Waals surface area contributed by atoms with Gasteiger partial charge in [0.1, 0.15) is 17.8 Å². The second-order valence-electron chi connectivity index (χ2n) is 3.57. The lowest BCUT2D eigenvalue weighted by Crippen LogP contribution is -2.19. The summed E-state index contributed by atoms with van der Waals surface area (Å²) >= 11 is 5.16. The standard InChI is InChI=1S/C12H13N3O3S/c1-16-9-5-8(6-10(7-9)17-2)13-12(19)14-11-3-4-18-15-11/h3-7H,1-2H3,(H2,13,14,15,19). The van der Waals surface area contributed by atoms with Crippen LogP contribution in [0.15, 0.2) is 35.1 Å². The van der Waals surface area contributed by atoms with Crippen LogP contribution in [0.4, 0.5) is 11.5 Å². The smallest absolute Gasteiger partial charge is 0.176 e. The van der Waals surface area contributed by atoms with Crippen molar-refractivity contribution in [2.75, 3.05) is 24.9 Å². The molecule has 19 heavy (non-hydrogen) atoms. The second kappa shape index (κ2) is 6.05. The SMILES string of the molecule is COc1cc(NC(=S)Nc2ccon2)cc(OC)c1. The number of anilines is 2. The average Bonchev–Trinajstić information content (AvgIpc) is 2.90. The van der Waals surface area contributed by atoms with Crippen LogP contribution in [0.1, 0.15) is 0 Å². The average molecular weight is 279 g/mol. The molecule has 0 aliphatic heterocycles. The van der Waals surface area contributed by atoms with E-state index in [4.69, 9.17) is 26.2 Å². The van der Waals surface area contributed by atoms with Gasteiger partial charge in [-0.25, -0.2) is 0 Å². The summed E-state index contributed by atoms with van der Waals surface area (Å²) in [4.78, 5) is 0. The second-order valence-corrected chi connectivity index (χ2v) is 3.97. The summed E-state index contributed by atoms with van der Waals surface area (Å²) in [6.45, 7) is 0. The lowest BCUT2D eigenvalue weighted by Gasteiger charge is -2.11. The van der Waals surface area contributed by atoms with Crippen molar-refractivity contribution in [2.45, 2.75) is 0 Å². The maximum absolute atomic E-state index is 5.17. The Balaban J connectivity index is 2.07. The number of hydrogen-bond donors (Lipinski definition) is 2. The number of nitrogens with zero attached hydrogens (tertiary/aromatic N) is 1. The molecular weight excluding hydrogens is 266 g/mol. The molecule has 1 heterocycles. The minimum atomic E-state index is 0.393. The maximum Gasteiger partial charge on any atom is 0.176 e. The van der Waals surface area contributed by atoms with Crippen molar-refractivity contribution in [2.24, 2.45) is 0 Å². The van der Waals surface area contributed by atoms with Crippen LogP contribution in [0.2, 0.25) is 0 Å². The van der Waals surface area contributed by atoms with Crippen LogP contribution in [0, 0.1) is 0 Å². The van der Waals surface area contributed by atoms with E-state index >= 15 is 0 Å². The number of methoxy groups -OCH3 is 2. The van der Waals surface area contributed by atoms with Crippen molar-refractivity contribution < 1.29 is 14.0 Å². The van der Waals surface area contributed by atoms with E-state index < -0.39 is 0 Å². The number of thiocarbonyl (C=S) groups is 1. The Labute approximate surface area is 115 Å². The van der Waals surface area contributed by atoms with Gasteiger partial charge < -0.3 is 24.6 Å². The highest BCUT2D eigenvalue weighted by atomic mass is 32.1. The van der Waals surface area contributed by atoms with E-state index in [1.54, 1.807) is 38.5 Å². The quantitative estimate of drug-likeness (QED) is 0.833. The first-order valence-electron chi connectivity index (χ1n) is 5.42. The van der Waals surface area contributed by atoms with Crippen molar-refractivity contribution in [1.29, 1.82) is 0 Å². The Bertz CT molecular complexity index is 535. The highest BCUT2D eigenvalue weighted by Gasteiger charge is 2.05. The van der Waals surface area contributed by atoms with Gasteiger partial charge in [0.2, 0.25) is 0 Å². The summed E-state index contributed by atoms with van der Waals surface area (Å²) < 4.78 is 15.0. The first-order valence-corrected chi connectivity index (χ1v) is 5.83. The van der Waals surface area contributed by atoms with E-state index in [-0.39, 0.29) is 0 Å². The third-order valence-electron chi connectivity index (χ3n) is 2.29. The Morgan fingerprint density at radius 2 is 1.84 bits per heavy atom. The van der Waals surface area contributed by atoms with Crippen LogP contribution in [-0.2, 0) is 0 Å². The molecule has 0 aliphatic rings. The molecule has 1 aromatic carbocycles. The zero-order chi connectivity index (χ0) is 13.7. The summed E-state index contributed by atoms with van der Waals surface area (Å²) in [5, 5.41) is 9.98. The predicted molar refractivity (Wildman–Crippen MR) is 75.9 cm³/mol. The molecule has 0 atom stereocenters. The van der Waals surface area contributed by atoms with Gasteiger partial charge in [-0.05, 0) is 12.2 Å². The Morgan fingerprint density at radius 3 is 2.37 bits per heavy atom. The monoisotopic (exact) mass is 279 g/mol. The highest BCUT2D eigenvalue weighted by Crippen LogP contribution is 2.25. The topological polar surface area (TPSA) is 68.5 Å². The van der Waals surface area contributed by atoms with Gasteiger partial charge >= 0.3 is 0 Å². The van der Waals surface area contributed by atoms with Gasteiger partial charge in [0, 0.05) is 30.0 Å². The molecular formula is C12H13N3O3S. The van der Waals surface area contributed by atoms with Crippen molar-refractivity contribution in [1.82, 2.24) is 5.16 Å². The molecule has 0 amide bonds. The lowest BCUT2D eigenvalue weighted by atomic mass is 10.3. The largest absolute Gasteiger partial charge is 0.497 e. The first kappa shape index (κ1) is 13.2. The fraction of sp³-hybridized carbons (Fsp3) is 0.167. The zero-order valence-corrected chi connectivity index (χ0v) is 11.3. The molecule has 0 radical (unpaired) electrons. The van der Waals surface area contributed by atoms with Gasteiger partial charge in [-0.3, -0.25) is 0 Å². The van der Waals surface area contributed by atoms with E-state index in [1.165, 1.54) is 6.26 Å². The van der Waals surface area contributed by atoms with E-state index in [9.17, 15) is 0 Å². The summed E-state index contributed by atoms with van der Waals surface area (Å²) in [6, 6.07) is 7.05. The summed E-state index contributed by atoms with van der Waals surface area (Å²) in [6.07, 6.45) is 1.46. The van der Waals surface area contributed by atoms with E-state index in [0.717, 1.165) is 5.69 Å². The molecule has 7 heteroatoms. The Hall–Kier alpha value is -2.28. The van der Waals surface area contributed by atoms with Crippen LogP contribution in [-0.4, -0.2) is 24.5 Å². The van der Waals surface area contributed by atoms with E-state index in [1.807, 2.05) is 0 Å². The molecule has 2 N–H and O–H groups in total. The number of ether oxygens (including phenoxy) is 2. The van der Waals surface area contributed by atoms with Gasteiger partial charge in [-0.2, -0.15) is 0 Å². The molecule has 0 aliphatic carbocycles. The van der Waals surface area contributed by atoms with E-state index in [0.29, 0.717) is 22.4 Å². The summed E-state index contributed by atoms with van der Waals surface area (Å²) in [5.41, 5.74) is 0.747. The zero-order valence-electron chi connectivity index (χ0n) is 10.5. The Kier molecular flexibility index (Phi) is 4.19. The fourth-order valence-electron chi connectivity index (χ4n) is 1.44. The minimum absolute atomic E-state index is 0.393. The lowest BCUT2D eigenvalue weighted by molar-refractivity contribution is 0.395. The van der Waals surface area contributed by atoms with Crippen LogP contribution in [0.3, 0.4) is 0 Å². The van der Waals surface area contributed by atoms with Gasteiger partial charge in [-0.15, -0.1) is 0 Å². The van der Waals surface area contributed by atoms with Gasteiger partial charge in [-0.1, -0.05) is 5.16 Å². The van der Waals surface area contributed by atoms with Crippen molar-refractivity contribution >= 4 is 28.8 Å². The molecule has 6 nitrogen and oxygen atoms in total. The molecule has 0 bridgehead atoms. The molecule has 0 spiro atoms. The fourth-order valence-corrected chi connectivity index (χ4v) is 1.66. The molecule has 0 saturated heterocycles. The van der Waals surface area contributed by atoms with Crippen molar-refractivity contribution in [3.8, 4) is 11.5 Å². The Morgan fingerprint density at radius 1 is 1.16 bits per heavy atom. The molecule has 0 fully saturated rings. The highest BCUT2D eigenvalue weighted by molar-refractivity contribution is 7.80. The first-order chi connectivity index (χ1) is 9.21. The molecule has 2 aromatic rings. The van der Waals surface area contributed by atoms with Crippen LogP contribution in [0.5, 0.6) is 11.5 Å². The molecule has 2 rings (SSSR count). The third-order valence-corrected chi connectivity index (χ3v) is 2.49. The van der Waals surface area contributed by atoms with Gasteiger partial charge in [0.25, 0.3) is 0 Å². The van der Waals surface area contributed by atoms with Gasteiger partial charge in [0.15, 0.2) is 10.9 Å². The minimum Gasteiger partial charge on any atom is -0.497 e. The number of benzene rings is 1. The van der Waals surface area contributed by atoms with Crippen LogP contribution < -0.4 is 20.1 Å². The van der Waals surface area contributed by atoms with Gasteiger partial charge in [0.05, 0.1) is 14.2 Å². The summed E-state index contributed by atoms with van der Waals surface area (Å²) in [7, 11) is 3.18. The maximum atomic E-state index is 5.17. The van der Waals surface area contributed by atoms with Crippen LogP contribution in [0.25, 0.3) is 0 Å². The molecule has 0 unspecified atom stereocenters. The number of aromatic nitrogens is 1. The van der Waals surface area contributed by atoms with Crippen LogP contribution >= 0.6 is 12.2 Å². The number of rotatable bonds is 4. The van der Waals surface area contributed by atoms with Crippen molar-refractivity contribution in [3.05, 3.63) is 30.5 Å². The normalized spacial score (nSPS) is 9.79. The third kappa shape index (κ3) is 3.59. The molecule has 100 valence electrons. The molecule has 1 aromatic heterocycles. The molecule has 0 saturated carbocycles.